The molecule has 0 N–H and O–H groups in total. The Labute approximate surface area is 133 Å². The van der Waals surface area contributed by atoms with E-state index in [1.54, 1.807) is 0 Å². The molecule has 1 amide bonds. The van der Waals surface area contributed by atoms with Gasteiger partial charge in [0.15, 0.2) is 0 Å². The van der Waals surface area contributed by atoms with E-state index in [0.717, 1.165) is 12.8 Å². The van der Waals surface area contributed by atoms with Gasteiger partial charge in [0.05, 0.1) is 22.9 Å². The van der Waals surface area contributed by atoms with Crippen molar-refractivity contribution < 1.29 is 4.79 Å². The minimum atomic E-state index is 0.261. The first-order chi connectivity index (χ1) is 9.74. The Morgan fingerprint density at radius 1 is 1.00 bits per heavy atom. The SMILES string of the molecule is O=C1CC[C@@H](Cc2ccc(-c3ccccc3)cc2)N1I. The molecule has 0 aromatic heterocycles. The Bertz CT molecular complexity index is 594. The highest BCUT2D eigenvalue weighted by molar-refractivity contribution is 14.1. The fraction of sp³-hybridized carbons (Fsp3) is 0.235. The first kappa shape index (κ1) is 13.6. The fourth-order valence-electron chi connectivity index (χ4n) is 2.63. The molecule has 3 rings (SSSR count). The molecule has 20 heavy (non-hydrogen) atoms. The van der Waals surface area contributed by atoms with Crippen LogP contribution in [0.4, 0.5) is 0 Å². The molecule has 2 aromatic rings. The lowest BCUT2D eigenvalue weighted by Crippen LogP contribution is -2.24. The van der Waals surface area contributed by atoms with Crippen molar-refractivity contribution in [2.24, 2.45) is 0 Å². The van der Waals surface area contributed by atoms with Gasteiger partial charge >= 0.3 is 0 Å². The molecule has 1 aliphatic heterocycles. The van der Waals surface area contributed by atoms with Gasteiger partial charge in [-0.25, -0.2) is 0 Å². The van der Waals surface area contributed by atoms with E-state index in [1.807, 2.05) is 9.18 Å². The maximum atomic E-state index is 11.5. The van der Waals surface area contributed by atoms with Crippen LogP contribution in [-0.4, -0.2) is 15.1 Å². The Morgan fingerprint density at radius 2 is 1.65 bits per heavy atom. The van der Waals surface area contributed by atoms with Crippen molar-refractivity contribution in [3.63, 3.8) is 0 Å². The summed E-state index contributed by atoms with van der Waals surface area (Å²) in [5.74, 6) is 0.261. The minimum Gasteiger partial charge on any atom is -0.282 e. The van der Waals surface area contributed by atoms with E-state index >= 15 is 0 Å². The molecule has 1 saturated heterocycles. The number of nitrogens with zero attached hydrogens (tertiary/aromatic N) is 1. The van der Waals surface area contributed by atoms with Crippen LogP contribution in [0.25, 0.3) is 11.1 Å². The van der Waals surface area contributed by atoms with E-state index < -0.39 is 0 Å². The van der Waals surface area contributed by atoms with E-state index in [-0.39, 0.29) is 5.91 Å². The van der Waals surface area contributed by atoms with Gasteiger partial charge in [0.1, 0.15) is 0 Å². The van der Waals surface area contributed by atoms with Crippen molar-refractivity contribution in [1.29, 1.82) is 0 Å². The molecule has 2 nitrogen and oxygen atoms in total. The summed E-state index contributed by atoms with van der Waals surface area (Å²) in [6, 6.07) is 19.4. The molecule has 1 atom stereocenters. The molecule has 0 bridgehead atoms. The maximum absolute atomic E-state index is 11.5. The summed E-state index contributed by atoms with van der Waals surface area (Å²) in [5.41, 5.74) is 3.78. The molecular weight excluding hydrogens is 361 g/mol. The number of amides is 1. The van der Waals surface area contributed by atoms with Crippen molar-refractivity contribution in [3.05, 3.63) is 60.2 Å². The van der Waals surface area contributed by atoms with Gasteiger partial charge in [0, 0.05) is 12.5 Å². The second kappa shape index (κ2) is 5.95. The average Bonchev–Trinajstić information content (AvgIpc) is 2.81. The maximum Gasteiger partial charge on any atom is 0.231 e. The lowest BCUT2D eigenvalue weighted by atomic mass is 10.0. The van der Waals surface area contributed by atoms with E-state index in [1.165, 1.54) is 16.7 Å². The van der Waals surface area contributed by atoms with Crippen LogP contribution in [0.1, 0.15) is 18.4 Å². The van der Waals surface area contributed by atoms with E-state index in [4.69, 9.17) is 0 Å². The Hall–Kier alpha value is -1.36. The topological polar surface area (TPSA) is 20.3 Å². The summed E-state index contributed by atoms with van der Waals surface area (Å²) in [4.78, 5) is 11.5. The number of hydrogen-bond donors (Lipinski definition) is 0. The molecular formula is C17H16INO. The van der Waals surface area contributed by atoms with Gasteiger partial charge in [-0.2, -0.15) is 0 Å². The number of halogens is 1. The number of benzene rings is 2. The summed E-state index contributed by atoms with van der Waals surface area (Å²) in [5, 5.41) is 0. The van der Waals surface area contributed by atoms with Gasteiger partial charge in [0.2, 0.25) is 5.91 Å². The quantitative estimate of drug-likeness (QED) is 0.579. The highest BCUT2D eigenvalue weighted by Gasteiger charge is 2.28. The lowest BCUT2D eigenvalue weighted by Gasteiger charge is -2.17. The Balaban J connectivity index is 1.72. The van der Waals surface area contributed by atoms with Crippen molar-refractivity contribution in [2.45, 2.75) is 25.3 Å². The summed E-state index contributed by atoms with van der Waals surface area (Å²) in [6.45, 7) is 0. The summed E-state index contributed by atoms with van der Waals surface area (Å²) in [7, 11) is 0. The van der Waals surface area contributed by atoms with E-state index in [0.29, 0.717) is 12.5 Å². The second-order valence-corrected chi connectivity index (χ2v) is 6.20. The van der Waals surface area contributed by atoms with Crippen molar-refractivity contribution >= 4 is 28.8 Å². The van der Waals surface area contributed by atoms with Crippen LogP contribution in [0.3, 0.4) is 0 Å². The van der Waals surface area contributed by atoms with Crippen LogP contribution in [0, 0.1) is 0 Å². The van der Waals surface area contributed by atoms with Crippen LogP contribution < -0.4 is 0 Å². The minimum absolute atomic E-state index is 0.261. The Kier molecular flexibility index (Phi) is 4.05. The highest BCUT2D eigenvalue weighted by Crippen LogP contribution is 2.26. The van der Waals surface area contributed by atoms with Crippen LogP contribution in [0.5, 0.6) is 0 Å². The van der Waals surface area contributed by atoms with Gasteiger partial charge < -0.3 is 0 Å². The van der Waals surface area contributed by atoms with Crippen LogP contribution in [0.2, 0.25) is 0 Å². The zero-order valence-electron chi connectivity index (χ0n) is 11.1. The van der Waals surface area contributed by atoms with Crippen LogP contribution in [-0.2, 0) is 11.2 Å². The normalized spacial score (nSPS) is 18.6. The molecule has 3 heteroatoms. The summed E-state index contributed by atoms with van der Waals surface area (Å²) in [6.07, 6.45) is 2.61. The number of carbonyl (C=O) groups excluding carboxylic acids is 1. The molecule has 0 spiro atoms. The summed E-state index contributed by atoms with van der Waals surface area (Å²) < 4.78 is 1.86. The smallest absolute Gasteiger partial charge is 0.231 e. The average molecular weight is 377 g/mol. The lowest BCUT2D eigenvalue weighted by molar-refractivity contribution is -0.123. The van der Waals surface area contributed by atoms with Gasteiger partial charge in [-0.1, -0.05) is 54.6 Å². The fourth-order valence-corrected chi connectivity index (χ4v) is 3.35. The predicted molar refractivity (Wildman–Crippen MR) is 89.5 cm³/mol. The van der Waals surface area contributed by atoms with Crippen molar-refractivity contribution in [1.82, 2.24) is 3.11 Å². The van der Waals surface area contributed by atoms with E-state index in [2.05, 4.69) is 71.4 Å². The zero-order valence-corrected chi connectivity index (χ0v) is 13.3. The molecule has 1 heterocycles. The van der Waals surface area contributed by atoms with Gasteiger partial charge in [-0.15, -0.1) is 0 Å². The van der Waals surface area contributed by atoms with Crippen LogP contribution in [0.15, 0.2) is 54.6 Å². The molecule has 0 unspecified atom stereocenters. The third kappa shape index (κ3) is 2.87. The monoisotopic (exact) mass is 377 g/mol. The van der Waals surface area contributed by atoms with Crippen molar-refractivity contribution in [3.8, 4) is 11.1 Å². The number of hydrogen-bond acceptors (Lipinski definition) is 1. The zero-order chi connectivity index (χ0) is 13.9. The van der Waals surface area contributed by atoms with Crippen molar-refractivity contribution in [2.75, 3.05) is 0 Å². The standard InChI is InChI=1S/C17H16INO/c18-19-16(10-11-17(19)20)12-13-6-8-15(9-7-13)14-4-2-1-3-5-14/h1-9,16H,10-12H2/t16-/m0/s1. The number of rotatable bonds is 3. The Morgan fingerprint density at radius 3 is 2.25 bits per heavy atom. The molecule has 1 fully saturated rings. The molecule has 0 radical (unpaired) electrons. The van der Waals surface area contributed by atoms with Gasteiger partial charge in [-0.05, 0) is 29.5 Å². The highest BCUT2D eigenvalue weighted by atomic mass is 127. The molecule has 1 aliphatic rings. The largest absolute Gasteiger partial charge is 0.282 e. The first-order valence-corrected chi connectivity index (χ1v) is 7.83. The van der Waals surface area contributed by atoms with Gasteiger partial charge in [-0.3, -0.25) is 7.91 Å². The molecule has 0 aliphatic carbocycles. The molecule has 102 valence electrons. The molecule has 2 aromatic carbocycles. The van der Waals surface area contributed by atoms with Gasteiger partial charge in [0.25, 0.3) is 0 Å². The molecule has 0 saturated carbocycles. The second-order valence-electron chi connectivity index (χ2n) is 5.16. The number of carbonyl (C=O) groups is 1. The predicted octanol–water partition coefficient (Wildman–Crippen LogP) is 4.24. The van der Waals surface area contributed by atoms with Crippen LogP contribution >= 0.6 is 22.9 Å². The van der Waals surface area contributed by atoms with E-state index in [9.17, 15) is 4.79 Å². The summed E-state index contributed by atoms with van der Waals surface area (Å²) >= 11 is 2.15. The first-order valence-electron chi connectivity index (χ1n) is 6.86. The third-order valence-corrected chi connectivity index (χ3v) is 5.11. The third-order valence-electron chi connectivity index (χ3n) is 3.78.